The molecule has 2 amide bonds. The normalized spacial score (nSPS) is 22.8. The van der Waals surface area contributed by atoms with E-state index in [0.717, 1.165) is 57.8 Å². The fourth-order valence-electron chi connectivity index (χ4n) is 3.60. The van der Waals surface area contributed by atoms with E-state index in [1.54, 1.807) is 13.0 Å². The Bertz CT molecular complexity index is 604. The summed E-state index contributed by atoms with van der Waals surface area (Å²) in [6.45, 7) is 8.75. The lowest BCUT2D eigenvalue weighted by Crippen LogP contribution is -2.49. The van der Waals surface area contributed by atoms with Crippen LogP contribution in [0.1, 0.15) is 36.9 Å². The summed E-state index contributed by atoms with van der Waals surface area (Å²) in [7, 11) is 0. The second kappa shape index (κ2) is 8.15. The average molecular weight is 349 g/mol. The van der Waals surface area contributed by atoms with Gasteiger partial charge in [0, 0.05) is 32.2 Å². The number of urea groups is 1. The number of hydrogen-bond donors (Lipinski definition) is 1. The molecule has 1 N–H and O–H groups in total. The molecule has 5 nitrogen and oxygen atoms in total. The molecule has 0 aromatic heterocycles. The lowest BCUT2D eigenvalue weighted by molar-refractivity contribution is 0.0291. The third-order valence-corrected chi connectivity index (χ3v) is 5.25. The monoisotopic (exact) mass is 349 g/mol. The van der Waals surface area contributed by atoms with E-state index < -0.39 is 0 Å². The van der Waals surface area contributed by atoms with Crippen LogP contribution in [0.25, 0.3) is 0 Å². The summed E-state index contributed by atoms with van der Waals surface area (Å²) in [4.78, 5) is 17.0. The number of ether oxygens (including phenoxy) is 1. The molecule has 0 bridgehead atoms. The van der Waals surface area contributed by atoms with Gasteiger partial charge in [-0.3, -0.25) is 4.90 Å². The summed E-state index contributed by atoms with van der Waals surface area (Å²) >= 11 is 0. The van der Waals surface area contributed by atoms with Gasteiger partial charge in [0.25, 0.3) is 0 Å². The van der Waals surface area contributed by atoms with Crippen molar-refractivity contribution in [1.29, 1.82) is 0 Å². The molecule has 0 spiro atoms. The Balaban J connectivity index is 1.58. The fourth-order valence-corrected chi connectivity index (χ4v) is 3.60. The minimum atomic E-state index is -0.232. The molecular weight excluding hydrogens is 321 g/mol. The van der Waals surface area contributed by atoms with E-state index in [1.807, 2.05) is 17.9 Å². The van der Waals surface area contributed by atoms with Crippen molar-refractivity contribution < 1.29 is 13.9 Å². The van der Waals surface area contributed by atoms with Crippen molar-refractivity contribution in [2.24, 2.45) is 0 Å². The summed E-state index contributed by atoms with van der Waals surface area (Å²) in [5, 5.41) is 3.03. The van der Waals surface area contributed by atoms with Crippen LogP contribution in [0, 0.1) is 12.7 Å². The van der Waals surface area contributed by atoms with Gasteiger partial charge >= 0.3 is 6.03 Å². The van der Waals surface area contributed by atoms with Crippen LogP contribution in [0.3, 0.4) is 0 Å². The molecule has 2 saturated heterocycles. The Labute approximate surface area is 149 Å². The van der Waals surface area contributed by atoms with Gasteiger partial charge in [-0.25, -0.2) is 9.18 Å². The first-order chi connectivity index (χ1) is 12.0. The number of carbonyl (C=O) groups is 1. The highest BCUT2D eigenvalue weighted by Crippen LogP contribution is 2.21. The van der Waals surface area contributed by atoms with Crippen molar-refractivity contribution in [3.05, 3.63) is 35.1 Å². The first kappa shape index (κ1) is 18.1. The zero-order valence-electron chi connectivity index (χ0n) is 15.1. The lowest BCUT2D eigenvalue weighted by atomic mass is 10.1. The SMILES string of the molecule is Cc1ccc(C(C)NC(=O)N2CCCC2CN2CCOCC2)cc1F. The van der Waals surface area contributed by atoms with Crippen LogP contribution in [0.4, 0.5) is 9.18 Å². The molecule has 3 rings (SSSR count). The topological polar surface area (TPSA) is 44.8 Å². The summed E-state index contributed by atoms with van der Waals surface area (Å²) in [5.41, 5.74) is 1.41. The Morgan fingerprint density at radius 3 is 2.84 bits per heavy atom. The van der Waals surface area contributed by atoms with Gasteiger partial charge in [0.05, 0.1) is 19.3 Å². The third kappa shape index (κ3) is 4.50. The third-order valence-electron chi connectivity index (χ3n) is 5.25. The summed E-state index contributed by atoms with van der Waals surface area (Å²) in [5.74, 6) is -0.232. The number of halogens is 1. The number of nitrogens with one attached hydrogen (secondary N) is 1. The number of rotatable bonds is 4. The smallest absolute Gasteiger partial charge is 0.318 e. The molecule has 138 valence electrons. The standard InChI is InChI=1S/C19H28FN3O2/c1-14-5-6-16(12-18(14)20)15(2)21-19(24)23-7-3-4-17(23)13-22-8-10-25-11-9-22/h5-6,12,15,17H,3-4,7-11,13H2,1-2H3,(H,21,24). The zero-order chi connectivity index (χ0) is 17.8. The van der Waals surface area contributed by atoms with Crippen molar-refractivity contribution >= 4 is 6.03 Å². The maximum atomic E-state index is 13.8. The molecule has 0 saturated carbocycles. The number of likely N-dealkylation sites (tertiary alicyclic amines) is 1. The van der Waals surface area contributed by atoms with Crippen LogP contribution in [0.5, 0.6) is 0 Å². The van der Waals surface area contributed by atoms with Crippen LogP contribution >= 0.6 is 0 Å². The van der Waals surface area contributed by atoms with Crippen molar-refractivity contribution in [2.75, 3.05) is 39.4 Å². The number of carbonyl (C=O) groups excluding carboxylic acids is 1. The molecule has 0 radical (unpaired) electrons. The molecule has 25 heavy (non-hydrogen) atoms. The number of nitrogens with zero attached hydrogens (tertiary/aromatic N) is 2. The van der Waals surface area contributed by atoms with Crippen LogP contribution in [-0.4, -0.2) is 61.3 Å². The van der Waals surface area contributed by atoms with Gasteiger partial charge in [0.15, 0.2) is 0 Å². The van der Waals surface area contributed by atoms with Gasteiger partial charge in [-0.05, 0) is 43.9 Å². The van der Waals surface area contributed by atoms with Crippen LogP contribution in [-0.2, 0) is 4.74 Å². The number of amides is 2. The highest BCUT2D eigenvalue weighted by molar-refractivity contribution is 5.75. The maximum Gasteiger partial charge on any atom is 0.318 e. The van der Waals surface area contributed by atoms with Crippen LogP contribution in [0.2, 0.25) is 0 Å². The molecule has 2 unspecified atom stereocenters. The summed E-state index contributed by atoms with van der Waals surface area (Å²) < 4.78 is 19.2. The zero-order valence-corrected chi connectivity index (χ0v) is 15.1. The van der Waals surface area contributed by atoms with Crippen LogP contribution in [0.15, 0.2) is 18.2 Å². The average Bonchev–Trinajstić information content (AvgIpc) is 3.06. The second-order valence-electron chi connectivity index (χ2n) is 7.08. The summed E-state index contributed by atoms with van der Waals surface area (Å²) in [6, 6.07) is 5.12. The molecule has 6 heteroatoms. The molecule has 2 aliphatic heterocycles. The van der Waals surface area contributed by atoms with Crippen LogP contribution < -0.4 is 5.32 Å². The van der Waals surface area contributed by atoms with Crippen molar-refractivity contribution in [3.8, 4) is 0 Å². The molecule has 0 aliphatic carbocycles. The largest absolute Gasteiger partial charge is 0.379 e. The predicted molar refractivity (Wildman–Crippen MR) is 95.1 cm³/mol. The lowest BCUT2D eigenvalue weighted by Gasteiger charge is -2.33. The quantitative estimate of drug-likeness (QED) is 0.909. The van der Waals surface area contributed by atoms with Gasteiger partial charge in [-0.2, -0.15) is 0 Å². The molecule has 1 aromatic carbocycles. The van der Waals surface area contributed by atoms with E-state index in [0.29, 0.717) is 5.56 Å². The predicted octanol–water partition coefficient (Wildman–Crippen LogP) is 2.70. The van der Waals surface area contributed by atoms with E-state index in [9.17, 15) is 9.18 Å². The fraction of sp³-hybridized carbons (Fsp3) is 0.632. The first-order valence-corrected chi connectivity index (χ1v) is 9.18. The first-order valence-electron chi connectivity index (χ1n) is 9.18. The minimum absolute atomic E-state index is 0.0516. The summed E-state index contributed by atoms with van der Waals surface area (Å²) in [6.07, 6.45) is 2.08. The van der Waals surface area contributed by atoms with Gasteiger partial charge in [-0.1, -0.05) is 12.1 Å². The van der Waals surface area contributed by atoms with Crippen molar-refractivity contribution in [1.82, 2.24) is 15.1 Å². The molecular formula is C19H28FN3O2. The Kier molecular flexibility index (Phi) is 5.91. The number of hydrogen-bond acceptors (Lipinski definition) is 3. The Morgan fingerprint density at radius 1 is 1.36 bits per heavy atom. The van der Waals surface area contributed by atoms with E-state index in [-0.39, 0.29) is 23.9 Å². The molecule has 2 aliphatic rings. The number of morpholine rings is 1. The molecule has 2 heterocycles. The van der Waals surface area contributed by atoms with Gasteiger partial charge in [0.2, 0.25) is 0 Å². The van der Waals surface area contributed by atoms with Crippen molar-refractivity contribution in [2.45, 2.75) is 38.8 Å². The Morgan fingerprint density at radius 2 is 2.12 bits per heavy atom. The number of benzene rings is 1. The van der Waals surface area contributed by atoms with E-state index in [1.165, 1.54) is 6.07 Å². The van der Waals surface area contributed by atoms with E-state index in [4.69, 9.17) is 4.74 Å². The van der Waals surface area contributed by atoms with E-state index in [2.05, 4.69) is 10.2 Å². The second-order valence-corrected chi connectivity index (χ2v) is 7.08. The van der Waals surface area contributed by atoms with Gasteiger partial charge in [0.1, 0.15) is 5.82 Å². The number of aryl methyl sites for hydroxylation is 1. The Hall–Kier alpha value is -1.66. The highest BCUT2D eigenvalue weighted by atomic mass is 19.1. The molecule has 2 atom stereocenters. The highest BCUT2D eigenvalue weighted by Gasteiger charge is 2.31. The van der Waals surface area contributed by atoms with Gasteiger partial charge in [-0.15, -0.1) is 0 Å². The van der Waals surface area contributed by atoms with Gasteiger partial charge < -0.3 is 15.0 Å². The molecule has 2 fully saturated rings. The van der Waals surface area contributed by atoms with Crippen molar-refractivity contribution in [3.63, 3.8) is 0 Å². The van der Waals surface area contributed by atoms with E-state index >= 15 is 0 Å². The molecule has 1 aromatic rings. The maximum absolute atomic E-state index is 13.8. The minimum Gasteiger partial charge on any atom is -0.379 e.